The van der Waals surface area contributed by atoms with Crippen LogP contribution in [-0.4, -0.2) is 48.3 Å². The molecule has 1 aliphatic carbocycles. The molecule has 2 aromatic carbocycles. The van der Waals surface area contributed by atoms with Gasteiger partial charge in [-0.3, -0.25) is 4.79 Å². The van der Waals surface area contributed by atoms with Crippen LogP contribution in [0.1, 0.15) is 88.7 Å². The Morgan fingerprint density at radius 2 is 1.72 bits per heavy atom. The lowest BCUT2D eigenvalue weighted by Gasteiger charge is -2.35. The van der Waals surface area contributed by atoms with Crippen LogP contribution in [0.3, 0.4) is 0 Å². The highest BCUT2D eigenvalue weighted by atomic mass is 35.5. The van der Waals surface area contributed by atoms with Crippen LogP contribution in [-0.2, 0) is 6.54 Å². The fourth-order valence-electron chi connectivity index (χ4n) is 5.38. The van der Waals surface area contributed by atoms with Crippen molar-refractivity contribution in [1.29, 1.82) is 0 Å². The zero-order valence-electron chi connectivity index (χ0n) is 26.8. The van der Waals surface area contributed by atoms with Gasteiger partial charge in [-0.15, -0.1) is 11.6 Å². The second-order valence-electron chi connectivity index (χ2n) is 10.4. The van der Waals surface area contributed by atoms with E-state index in [9.17, 15) is 14.7 Å². The molecule has 0 bridgehead atoms. The van der Waals surface area contributed by atoms with Gasteiger partial charge in [-0.25, -0.2) is 9.18 Å². The average Bonchev–Trinajstić information content (AvgIpc) is 3.86. The Labute approximate surface area is 261 Å². The molecular formula is C34H49ClFN3O4. The van der Waals surface area contributed by atoms with Gasteiger partial charge in [0.2, 0.25) is 5.43 Å². The van der Waals surface area contributed by atoms with E-state index in [2.05, 4.69) is 17.4 Å². The largest absolute Gasteiger partial charge is 0.492 e. The Kier molecular flexibility index (Phi) is 15.0. The van der Waals surface area contributed by atoms with Gasteiger partial charge < -0.3 is 24.6 Å². The molecule has 1 aromatic heterocycles. The molecule has 0 spiro atoms. The summed E-state index contributed by atoms with van der Waals surface area (Å²) in [5.41, 5.74) is 1.12. The van der Waals surface area contributed by atoms with Crippen molar-refractivity contribution in [2.45, 2.75) is 84.7 Å². The van der Waals surface area contributed by atoms with Crippen LogP contribution < -0.4 is 20.4 Å². The third-order valence-corrected chi connectivity index (χ3v) is 7.56. The maximum absolute atomic E-state index is 15.3. The Morgan fingerprint density at radius 3 is 2.21 bits per heavy atom. The summed E-state index contributed by atoms with van der Waals surface area (Å²) in [5, 5.41) is 12.7. The third-order valence-electron chi connectivity index (χ3n) is 7.39. The molecule has 0 amide bonds. The molecule has 1 saturated heterocycles. The fourth-order valence-corrected chi connectivity index (χ4v) is 5.63. The zero-order chi connectivity index (χ0) is 32.1. The molecule has 9 heteroatoms. The van der Waals surface area contributed by atoms with Gasteiger partial charge >= 0.3 is 5.97 Å². The van der Waals surface area contributed by atoms with Crippen molar-refractivity contribution in [3.8, 4) is 5.75 Å². The van der Waals surface area contributed by atoms with Crippen LogP contribution in [0, 0.1) is 11.7 Å². The van der Waals surface area contributed by atoms with Crippen LogP contribution in [0.25, 0.3) is 10.9 Å². The first-order chi connectivity index (χ1) is 20.7. The molecule has 1 unspecified atom stereocenters. The van der Waals surface area contributed by atoms with Gasteiger partial charge in [-0.05, 0) is 63.6 Å². The predicted molar refractivity (Wildman–Crippen MR) is 177 cm³/mol. The average molecular weight is 618 g/mol. The monoisotopic (exact) mass is 617 g/mol. The Bertz CT molecular complexity index is 1350. The number of alkyl halides is 1. The van der Waals surface area contributed by atoms with Gasteiger partial charge in [0.15, 0.2) is 11.6 Å². The number of methoxy groups -OCH3 is 1. The minimum Gasteiger partial charge on any atom is -0.492 e. The first-order valence-electron chi connectivity index (χ1n) is 15.5. The molecule has 2 aliphatic rings. The molecule has 1 saturated carbocycles. The van der Waals surface area contributed by atoms with Gasteiger partial charge in [0, 0.05) is 37.3 Å². The minimum atomic E-state index is -1.31. The van der Waals surface area contributed by atoms with E-state index in [0.29, 0.717) is 36.0 Å². The maximum Gasteiger partial charge on any atom is 0.341 e. The number of hydrogen-bond donors (Lipinski definition) is 2. The van der Waals surface area contributed by atoms with Crippen LogP contribution in [0.15, 0.2) is 47.4 Å². The second kappa shape index (κ2) is 17.9. The number of benzene rings is 2. The molecule has 2 heterocycles. The molecule has 1 atom stereocenters. The summed E-state index contributed by atoms with van der Waals surface area (Å²) in [4.78, 5) is 26.3. The number of rotatable bonds is 8. The highest BCUT2D eigenvalue weighted by Gasteiger charge is 2.32. The smallest absolute Gasteiger partial charge is 0.341 e. The number of pyridine rings is 1. The van der Waals surface area contributed by atoms with E-state index >= 15 is 4.39 Å². The highest BCUT2D eigenvalue weighted by molar-refractivity contribution is 6.20. The van der Waals surface area contributed by atoms with E-state index in [1.54, 1.807) is 4.57 Å². The van der Waals surface area contributed by atoms with Crippen molar-refractivity contribution in [2.24, 2.45) is 5.92 Å². The molecule has 7 nitrogen and oxygen atoms in total. The normalized spacial score (nSPS) is 15.2. The van der Waals surface area contributed by atoms with E-state index in [4.69, 9.17) is 16.3 Å². The number of carboxylic acids is 1. The summed E-state index contributed by atoms with van der Waals surface area (Å²) in [7, 11) is 3.42. The topological polar surface area (TPSA) is 83.8 Å². The van der Waals surface area contributed by atoms with Crippen molar-refractivity contribution in [3.63, 3.8) is 0 Å². The molecule has 0 radical (unpaired) electrons. The maximum atomic E-state index is 15.3. The first kappa shape index (κ1) is 36.1. The standard InChI is InChI=1S/C22H26ClFN2O4.C8H11N.2C2H6/c1-12(23)9-13-5-7-25(8-6-13)19-17(24)10-15-18(21(19)30-2)26(14-3-4-14)11-16(20(15)27)22(28)29;1-9-7-8-5-3-2-4-6-8;2*1-2/h10-14H,3-9H2,1-2H3,(H,28,29);2-6,9H,7H2,1H3;2*1-2H3. The lowest BCUT2D eigenvalue weighted by atomic mass is 9.92. The predicted octanol–water partition coefficient (Wildman–Crippen LogP) is 7.87. The van der Waals surface area contributed by atoms with E-state index < -0.39 is 17.2 Å². The second-order valence-corrected chi connectivity index (χ2v) is 11.2. The summed E-state index contributed by atoms with van der Waals surface area (Å²) in [6.07, 6.45) is 5.90. The van der Waals surface area contributed by atoms with Gasteiger partial charge in [-0.2, -0.15) is 0 Å². The number of fused-ring (bicyclic) bond motifs is 1. The van der Waals surface area contributed by atoms with E-state index in [0.717, 1.165) is 38.6 Å². The molecule has 1 aliphatic heterocycles. The number of piperidine rings is 1. The summed E-state index contributed by atoms with van der Waals surface area (Å²) in [5.74, 6) is -1.07. The number of carbonyl (C=O) groups is 1. The lowest BCUT2D eigenvalue weighted by Crippen LogP contribution is -2.35. The molecule has 2 fully saturated rings. The third kappa shape index (κ3) is 9.44. The van der Waals surface area contributed by atoms with Crippen LogP contribution in [0.5, 0.6) is 5.75 Å². The molecule has 2 N–H and O–H groups in total. The first-order valence-corrected chi connectivity index (χ1v) is 15.9. The quantitative estimate of drug-likeness (QED) is 0.250. The number of anilines is 1. The van der Waals surface area contributed by atoms with Crippen molar-refractivity contribution in [1.82, 2.24) is 9.88 Å². The number of nitrogens with zero attached hydrogens (tertiary/aromatic N) is 2. The lowest BCUT2D eigenvalue weighted by molar-refractivity contribution is 0.0694. The summed E-state index contributed by atoms with van der Waals surface area (Å²) >= 11 is 6.14. The van der Waals surface area contributed by atoms with E-state index in [1.807, 2.05) is 64.8 Å². The Morgan fingerprint density at radius 1 is 1.12 bits per heavy atom. The Balaban J connectivity index is 0.000000418. The van der Waals surface area contributed by atoms with Gasteiger partial charge in [-0.1, -0.05) is 58.0 Å². The van der Waals surface area contributed by atoms with Gasteiger partial charge in [0.05, 0.1) is 18.0 Å². The van der Waals surface area contributed by atoms with Gasteiger partial charge in [0.25, 0.3) is 0 Å². The number of aromatic carboxylic acids is 1. The van der Waals surface area contributed by atoms with E-state index in [1.165, 1.54) is 24.9 Å². The number of halogens is 2. The number of ether oxygens (including phenoxy) is 1. The fraction of sp³-hybridized carbons (Fsp3) is 0.529. The number of hydrogen-bond acceptors (Lipinski definition) is 5. The Hall–Kier alpha value is -3.10. The summed E-state index contributed by atoms with van der Waals surface area (Å²) < 4.78 is 22.7. The number of nitrogens with one attached hydrogen (secondary N) is 1. The van der Waals surface area contributed by atoms with Crippen molar-refractivity contribution in [3.05, 3.63) is 69.8 Å². The van der Waals surface area contributed by atoms with Crippen LogP contribution in [0.2, 0.25) is 0 Å². The van der Waals surface area contributed by atoms with Gasteiger partial charge in [0.1, 0.15) is 11.3 Å². The van der Waals surface area contributed by atoms with E-state index in [-0.39, 0.29) is 22.4 Å². The van der Waals surface area contributed by atoms with Crippen molar-refractivity contribution >= 4 is 34.2 Å². The molecule has 238 valence electrons. The number of aromatic nitrogens is 1. The molecule has 5 rings (SSSR count). The molecule has 43 heavy (non-hydrogen) atoms. The summed E-state index contributed by atoms with van der Waals surface area (Å²) in [6, 6.07) is 11.6. The highest BCUT2D eigenvalue weighted by Crippen LogP contribution is 2.44. The number of carboxylic acid groups (broad SMARTS) is 1. The molecular weight excluding hydrogens is 569 g/mol. The van der Waals surface area contributed by atoms with Crippen LogP contribution >= 0.6 is 11.6 Å². The van der Waals surface area contributed by atoms with Crippen molar-refractivity contribution < 1.29 is 19.0 Å². The summed E-state index contributed by atoms with van der Waals surface area (Å²) in [6.45, 7) is 12.3. The SMILES string of the molecule is CC.CC.CNCc1ccccc1.COc1c(N2CCC(CC(C)Cl)CC2)c(F)cc2c(=O)c(C(=O)O)cn(C3CC3)c12. The zero-order valence-corrected chi connectivity index (χ0v) is 27.5. The molecule has 3 aromatic rings. The van der Waals surface area contributed by atoms with Crippen LogP contribution in [0.4, 0.5) is 10.1 Å². The van der Waals surface area contributed by atoms with Crippen molar-refractivity contribution in [2.75, 3.05) is 32.1 Å². The minimum absolute atomic E-state index is 0.0470.